The maximum absolute atomic E-state index is 10.2. The van der Waals surface area contributed by atoms with Crippen LogP contribution >= 0.6 is 11.6 Å². The van der Waals surface area contributed by atoms with E-state index in [4.69, 9.17) is 11.6 Å². The Hall–Kier alpha value is -0.870. The topological polar surface area (TPSA) is 58.0 Å². The van der Waals surface area contributed by atoms with E-state index in [1.165, 1.54) is 6.33 Å². The Labute approximate surface area is 114 Å². The highest BCUT2D eigenvalue weighted by Gasteiger charge is 2.35. The number of rotatable bonds is 5. The van der Waals surface area contributed by atoms with Crippen LogP contribution in [-0.4, -0.2) is 26.2 Å². The zero-order chi connectivity index (χ0) is 14.0. The molecule has 0 spiro atoms. The fourth-order valence-electron chi connectivity index (χ4n) is 1.42. The summed E-state index contributed by atoms with van der Waals surface area (Å²) in [4.78, 5) is 8.24. The van der Waals surface area contributed by atoms with Crippen LogP contribution in [0.25, 0.3) is 0 Å². The Morgan fingerprint density at radius 2 is 1.89 bits per heavy atom. The van der Waals surface area contributed by atoms with Gasteiger partial charge in [0, 0.05) is 5.56 Å². The van der Waals surface area contributed by atoms with Crippen LogP contribution in [0.1, 0.15) is 46.6 Å². The second-order valence-corrected chi connectivity index (χ2v) is 5.91. The van der Waals surface area contributed by atoms with Gasteiger partial charge >= 0.3 is 0 Å². The highest BCUT2D eigenvalue weighted by atomic mass is 35.5. The Morgan fingerprint density at radius 3 is 2.39 bits per heavy atom. The van der Waals surface area contributed by atoms with Crippen LogP contribution < -0.4 is 5.32 Å². The lowest BCUT2D eigenvalue weighted by atomic mass is 9.86. The number of aliphatic hydroxyl groups is 1. The van der Waals surface area contributed by atoms with Gasteiger partial charge in [-0.25, -0.2) is 9.97 Å². The summed E-state index contributed by atoms with van der Waals surface area (Å²) in [7, 11) is 0. The van der Waals surface area contributed by atoms with E-state index in [9.17, 15) is 5.11 Å². The first-order valence-corrected chi connectivity index (χ1v) is 6.56. The second kappa shape index (κ2) is 5.41. The molecule has 0 bridgehead atoms. The zero-order valence-electron chi connectivity index (χ0n) is 11.7. The van der Waals surface area contributed by atoms with Crippen molar-refractivity contribution in [2.75, 3.05) is 5.32 Å². The average molecular weight is 272 g/mol. The number of aromatic nitrogens is 2. The molecule has 2 N–H and O–H groups in total. The molecule has 102 valence electrons. The molecule has 0 fully saturated rings. The van der Waals surface area contributed by atoms with Crippen molar-refractivity contribution in [1.82, 2.24) is 9.97 Å². The summed E-state index contributed by atoms with van der Waals surface area (Å²) in [5.41, 5.74) is -0.500. The van der Waals surface area contributed by atoms with Crippen molar-refractivity contribution in [3.63, 3.8) is 0 Å². The third-order valence-electron chi connectivity index (χ3n) is 3.35. The molecule has 1 aromatic rings. The summed E-state index contributed by atoms with van der Waals surface area (Å²) in [6, 6.07) is 0. The molecule has 4 nitrogen and oxygen atoms in total. The minimum atomic E-state index is -0.881. The molecule has 0 aliphatic carbocycles. The molecule has 0 amide bonds. The smallest absolute Gasteiger partial charge is 0.137 e. The molecular formula is C13H22ClN3O. The third kappa shape index (κ3) is 3.33. The average Bonchev–Trinajstić information content (AvgIpc) is 2.21. The van der Waals surface area contributed by atoms with Gasteiger partial charge in [0.25, 0.3) is 0 Å². The van der Waals surface area contributed by atoms with Crippen LogP contribution in [0.4, 0.5) is 5.82 Å². The SMILES string of the molecule is CCCc1c(Cl)ncnc1NC(C)(C)C(C)(C)O. The standard InChI is InChI=1S/C13H22ClN3O/c1-6-7-9-10(14)15-8-16-11(9)17-12(2,3)13(4,5)18/h8,18H,6-7H2,1-5H3,(H,15,16,17). The van der Waals surface area contributed by atoms with Crippen LogP contribution in [-0.2, 0) is 6.42 Å². The molecule has 0 unspecified atom stereocenters. The van der Waals surface area contributed by atoms with Crippen LogP contribution in [0.2, 0.25) is 5.15 Å². The number of nitrogens with one attached hydrogen (secondary N) is 1. The molecule has 0 aliphatic heterocycles. The van der Waals surface area contributed by atoms with E-state index < -0.39 is 11.1 Å². The lowest BCUT2D eigenvalue weighted by Crippen LogP contribution is -2.51. The summed E-state index contributed by atoms with van der Waals surface area (Å²) in [6.45, 7) is 9.47. The third-order valence-corrected chi connectivity index (χ3v) is 3.68. The molecule has 0 saturated heterocycles. The first-order valence-electron chi connectivity index (χ1n) is 6.19. The van der Waals surface area contributed by atoms with Gasteiger partial charge in [-0.1, -0.05) is 24.9 Å². The number of nitrogens with zero attached hydrogens (tertiary/aromatic N) is 2. The summed E-state index contributed by atoms with van der Waals surface area (Å²) in [6.07, 6.45) is 3.21. The van der Waals surface area contributed by atoms with Gasteiger partial charge in [0.1, 0.15) is 17.3 Å². The molecule has 1 aromatic heterocycles. The minimum Gasteiger partial charge on any atom is -0.388 e. The molecule has 0 atom stereocenters. The Balaban J connectivity index is 3.08. The molecule has 0 saturated carbocycles. The van der Waals surface area contributed by atoms with Gasteiger partial charge in [-0.2, -0.15) is 0 Å². The van der Waals surface area contributed by atoms with Gasteiger partial charge in [0.15, 0.2) is 0 Å². The highest BCUT2D eigenvalue weighted by Crippen LogP contribution is 2.29. The normalized spacial score (nSPS) is 12.6. The van der Waals surface area contributed by atoms with Crippen LogP contribution in [0.15, 0.2) is 6.33 Å². The van der Waals surface area contributed by atoms with Gasteiger partial charge in [0.2, 0.25) is 0 Å². The molecule has 1 rings (SSSR count). The first kappa shape index (κ1) is 15.2. The summed E-state index contributed by atoms with van der Waals surface area (Å²) >= 11 is 6.10. The molecule has 0 aromatic carbocycles. The Kier molecular flexibility index (Phi) is 4.56. The summed E-state index contributed by atoms with van der Waals surface area (Å²) in [5, 5.41) is 13.9. The van der Waals surface area contributed by atoms with Crippen molar-refractivity contribution in [3.8, 4) is 0 Å². The van der Waals surface area contributed by atoms with Crippen molar-refractivity contribution in [2.24, 2.45) is 0 Å². The summed E-state index contributed by atoms with van der Waals surface area (Å²) in [5.74, 6) is 0.698. The van der Waals surface area contributed by atoms with Gasteiger partial charge in [0.05, 0.1) is 11.1 Å². The van der Waals surface area contributed by atoms with Crippen molar-refractivity contribution in [2.45, 2.75) is 58.6 Å². The zero-order valence-corrected chi connectivity index (χ0v) is 12.5. The molecule has 5 heteroatoms. The van der Waals surface area contributed by atoms with E-state index in [0.717, 1.165) is 18.4 Å². The fraction of sp³-hybridized carbons (Fsp3) is 0.692. The molecule has 18 heavy (non-hydrogen) atoms. The van der Waals surface area contributed by atoms with E-state index in [1.54, 1.807) is 13.8 Å². The van der Waals surface area contributed by atoms with Crippen molar-refractivity contribution in [3.05, 3.63) is 17.0 Å². The molecular weight excluding hydrogens is 250 g/mol. The Bertz CT molecular complexity index is 413. The molecule has 0 aliphatic rings. The van der Waals surface area contributed by atoms with Crippen molar-refractivity contribution in [1.29, 1.82) is 0 Å². The largest absolute Gasteiger partial charge is 0.388 e. The van der Waals surface area contributed by atoms with Gasteiger partial charge < -0.3 is 10.4 Å². The monoisotopic (exact) mass is 271 g/mol. The van der Waals surface area contributed by atoms with E-state index in [0.29, 0.717) is 11.0 Å². The maximum Gasteiger partial charge on any atom is 0.137 e. The lowest BCUT2D eigenvalue weighted by Gasteiger charge is -2.38. The predicted octanol–water partition coefficient (Wildman–Crippen LogP) is 3.04. The molecule has 0 radical (unpaired) electrons. The van der Waals surface area contributed by atoms with E-state index >= 15 is 0 Å². The van der Waals surface area contributed by atoms with Crippen LogP contribution in [0.3, 0.4) is 0 Å². The minimum absolute atomic E-state index is 0.473. The fourth-order valence-corrected chi connectivity index (χ4v) is 1.65. The van der Waals surface area contributed by atoms with E-state index in [2.05, 4.69) is 22.2 Å². The number of hydrogen-bond acceptors (Lipinski definition) is 4. The summed E-state index contributed by atoms with van der Waals surface area (Å²) < 4.78 is 0. The quantitative estimate of drug-likeness (QED) is 0.808. The van der Waals surface area contributed by atoms with Crippen LogP contribution in [0, 0.1) is 0 Å². The van der Waals surface area contributed by atoms with Gasteiger partial charge in [-0.05, 0) is 34.1 Å². The predicted molar refractivity (Wildman–Crippen MR) is 75.0 cm³/mol. The molecule has 1 heterocycles. The maximum atomic E-state index is 10.2. The van der Waals surface area contributed by atoms with Crippen molar-refractivity contribution < 1.29 is 5.11 Å². The Morgan fingerprint density at radius 1 is 1.28 bits per heavy atom. The van der Waals surface area contributed by atoms with Crippen LogP contribution in [0.5, 0.6) is 0 Å². The lowest BCUT2D eigenvalue weighted by molar-refractivity contribution is 0.0238. The number of hydrogen-bond donors (Lipinski definition) is 2. The van der Waals surface area contributed by atoms with Crippen molar-refractivity contribution >= 4 is 17.4 Å². The van der Waals surface area contributed by atoms with E-state index in [1.807, 2.05) is 13.8 Å². The van der Waals surface area contributed by atoms with E-state index in [-0.39, 0.29) is 0 Å². The first-order chi connectivity index (χ1) is 8.19. The van der Waals surface area contributed by atoms with Gasteiger partial charge in [-0.15, -0.1) is 0 Å². The number of anilines is 1. The number of halogens is 1. The second-order valence-electron chi connectivity index (χ2n) is 5.55. The van der Waals surface area contributed by atoms with Gasteiger partial charge in [-0.3, -0.25) is 0 Å². The highest BCUT2D eigenvalue weighted by molar-refractivity contribution is 6.30.